The number of hydrogen-bond donors (Lipinski definition) is 1. The number of piperidine rings is 1. The van der Waals surface area contributed by atoms with Crippen molar-refractivity contribution < 1.29 is 0 Å². The number of nitrogens with zero attached hydrogens (tertiary/aromatic N) is 1. The Balaban J connectivity index is 1.58. The minimum Gasteiger partial charge on any atom is -0.316 e. The topological polar surface area (TPSA) is 15.3 Å². The van der Waals surface area contributed by atoms with Gasteiger partial charge in [0.1, 0.15) is 0 Å². The lowest BCUT2D eigenvalue weighted by molar-refractivity contribution is 0.213. The second-order valence-electron chi connectivity index (χ2n) is 6.13. The van der Waals surface area contributed by atoms with Crippen molar-refractivity contribution in [2.75, 3.05) is 33.2 Å². The highest BCUT2D eigenvalue weighted by molar-refractivity contribution is 4.94. The molecule has 2 heteroatoms. The van der Waals surface area contributed by atoms with Crippen molar-refractivity contribution in [3.63, 3.8) is 0 Å². The molecule has 1 N–H and O–H groups in total. The summed E-state index contributed by atoms with van der Waals surface area (Å²) < 4.78 is 0. The van der Waals surface area contributed by atoms with E-state index in [1.165, 1.54) is 64.7 Å². The van der Waals surface area contributed by atoms with Crippen LogP contribution in [-0.2, 0) is 0 Å². The summed E-state index contributed by atoms with van der Waals surface area (Å²) >= 11 is 0. The summed E-state index contributed by atoms with van der Waals surface area (Å²) in [4.78, 5) is 2.45. The van der Waals surface area contributed by atoms with Crippen molar-refractivity contribution in [1.29, 1.82) is 0 Å². The van der Waals surface area contributed by atoms with Gasteiger partial charge < -0.3 is 10.2 Å². The molecule has 16 heavy (non-hydrogen) atoms. The fourth-order valence-corrected chi connectivity index (χ4v) is 3.03. The minimum atomic E-state index is 0.722. The van der Waals surface area contributed by atoms with Gasteiger partial charge in [0, 0.05) is 6.54 Å². The van der Waals surface area contributed by atoms with Crippen molar-refractivity contribution >= 4 is 0 Å². The van der Waals surface area contributed by atoms with Crippen LogP contribution in [-0.4, -0.2) is 38.1 Å². The van der Waals surface area contributed by atoms with Gasteiger partial charge in [0.2, 0.25) is 0 Å². The molecule has 1 aliphatic carbocycles. The Bertz CT molecular complexity index is 203. The van der Waals surface area contributed by atoms with Crippen LogP contribution in [0.1, 0.15) is 45.4 Å². The average molecular weight is 224 g/mol. The van der Waals surface area contributed by atoms with Crippen LogP contribution in [0.3, 0.4) is 0 Å². The highest BCUT2D eigenvalue weighted by Gasteiger charge is 2.40. The maximum absolute atomic E-state index is 3.74. The zero-order chi connectivity index (χ0) is 11.4. The van der Waals surface area contributed by atoms with E-state index >= 15 is 0 Å². The lowest BCUT2D eigenvalue weighted by Crippen LogP contribution is -2.36. The standard InChI is InChI=1S/C14H28N2/c1-3-6-14(7-8-14)12-15-11-13-4-9-16(2)10-5-13/h13,15H,3-12H2,1-2H3. The van der Waals surface area contributed by atoms with Crippen LogP contribution in [0.25, 0.3) is 0 Å². The first-order valence-corrected chi connectivity index (χ1v) is 7.13. The molecule has 2 nitrogen and oxygen atoms in total. The maximum Gasteiger partial charge on any atom is 0.000793 e. The third-order valence-electron chi connectivity index (χ3n) is 4.51. The molecule has 1 aliphatic heterocycles. The zero-order valence-electron chi connectivity index (χ0n) is 11.1. The van der Waals surface area contributed by atoms with E-state index < -0.39 is 0 Å². The van der Waals surface area contributed by atoms with Crippen LogP contribution in [0.5, 0.6) is 0 Å². The van der Waals surface area contributed by atoms with Gasteiger partial charge in [-0.2, -0.15) is 0 Å². The maximum atomic E-state index is 3.74. The first-order valence-electron chi connectivity index (χ1n) is 7.13. The summed E-state index contributed by atoms with van der Waals surface area (Å²) in [6, 6.07) is 0. The number of rotatable bonds is 6. The molecule has 94 valence electrons. The summed E-state index contributed by atoms with van der Waals surface area (Å²) in [6.45, 7) is 7.46. The zero-order valence-corrected chi connectivity index (χ0v) is 11.1. The van der Waals surface area contributed by atoms with E-state index in [9.17, 15) is 0 Å². The summed E-state index contributed by atoms with van der Waals surface area (Å²) in [5.41, 5.74) is 0.722. The quantitative estimate of drug-likeness (QED) is 0.746. The smallest absolute Gasteiger partial charge is 0.000793 e. The molecule has 0 radical (unpaired) electrons. The Hall–Kier alpha value is -0.0800. The van der Waals surface area contributed by atoms with Crippen molar-refractivity contribution in [1.82, 2.24) is 10.2 Å². The van der Waals surface area contributed by atoms with Crippen molar-refractivity contribution in [2.24, 2.45) is 11.3 Å². The van der Waals surface area contributed by atoms with Crippen LogP contribution in [0, 0.1) is 11.3 Å². The first-order chi connectivity index (χ1) is 7.74. The van der Waals surface area contributed by atoms with Gasteiger partial charge in [-0.1, -0.05) is 13.3 Å². The molecule has 0 amide bonds. The molecule has 1 heterocycles. The van der Waals surface area contributed by atoms with E-state index in [0.717, 1.165) is 11.3 Å². The molecule has 0 unspecified atom stereocenters. The largest absolute Gasteiger partial charge is 0.316 e. The molecule has 0 atom stereocenters. The molecular weight excluding hydrogens is 196 g/mol. The minimum absolute atomic E-state index is 0.722. The molecule has 0 aromatic carbocycles. The molecule has 0 spiro atoms. The van der Waals surface area contributed by atoms with Crippen LogP contribution >= 0.6 is 0 Å². The van der Waals surface area contributed by atoms with E-state index in [2.05, 4.69) is 24.2 Å². The van der Waals surface area contributed by atoms with Gasteiger partial charge in [0.05, 0.1) is 0 Å². The number of likely N-dealkylation sites (tertiary alicyclic amines) is 1. The van der Waals surface area contributed by atoms with Crippen molar-refractivity contribution in [2.45, 2.75) is 45.4 Å². The van der Waals surface area contributed by atoms with Crippen molar-refractivity contribution in [3.8, 4) is 0 Å². The lowest BCUT2D eigenvalue weighted by atomic mass is 9.96. The molecule has 2 rings (SSSR count). The second kappa shape index (κ2) is 5.50. The molecular formula is C14H28N2. The first kappa shape index (κ1) is 12.4. The van der Waals surface area contributed by atoms with Gasteiger partial charge in [-0.15, -0.1) is 0 Å². The predicted octanol–water partition coefficient (Wildman–Crippen LogP) is 2.50. The molecule has 1 saturated heterocycles. The monoisotopic (exact) mass is 224 g/mol. The average Bonchev–Trinajstić information content (AvgIpc) is 3.02. The fraction of sp³-hybridized carbons (Fsp3) is 1.00. The Kier molecular flexibility index (Phi) is 4.26. The fourth-order valence-electron chi connectivity index (χ4n) is 3.03. The van der Waals surface area contributed by atoms with E-state index in [-0.39, 0.29) is 0 Å². The highest BCUT2D eigenvalue weighted by atomic mass is 15.1. The predicted molar refractivity (Wildman–Crippen MR) is 69.7 cm³/mol. The van der Waals surface area contributed by atoms with Gasteiger partial charge >= 0.3 is 0 Å². The molecule has 0 aromatic heterocycles. The van der Waals surface area contributed by atoms with Gasteiger partial charge in [0.25, 0.3) is 0 Å². The van der Waals surface area contributed by atoms with Crippen LogP contribution in [0.2, 0.25) is 0 Å². The van der Waals surface area contributed by atoms with Gasteiger partial charge in [-0.3, -0.25) is 0 Å². The van der Waals surface area contributed by atoms with E-state index in [0.29, 0.717) is 0 Å². The third-order valence-corrected chi connectivity index (χ3v) is 4.51. The van der Waals surface area contributed by atoms with E-state index in [1.54, 1.807) is 0 Å². The molecule has 1 saturated carbocycles. The SMILES string of the molecule is CCCC1(CNCC2CCN(C)CC2)CC1. The van der Waals surface area contributed by atoms with Crippen molar-refractivity contribution in [3.05, 3.63) is 0 Å². The van der Waals surface area contributed by atoms with Gasteiger partial charge in [0.15, 0.2) is 0 Å². The number of nitrogens with one attached hydrogen (secondary N) is 1. The van der Waals surface area contributed by atoms with Crippen LogP contribution in [0.4, 0.5) is 0 Å². The van der Waals surface area contributed by atoms with Gasteiger partial charge in [-0.05, 0) is 70.1 Å². The summed E-state index contributed by atoms with van der Waals surface area (Å²) in [5, 5.41) is 3.74. The Labute approximate surface area is 101 Å². The molecule has 0 bridgehead atoms. The summed E-state index contributed by atoms with van der Waals surface area (Å²) in [5.74, 6) is 0.939. The summed E-state index contributed by atoms with van der Waals surface area (Å²) in [7, 11) is 2.24. The molecule has 0 aromatic rings. The Morgan fingerprint density at radius 1 is 1.25 bits per heavy atom. The third kappa shape index (κ3) is 3.46. The Morgan fingerprint density at radius 3 is 2.50 bits per heavy atom. The number of hydrogen-bond acceptors (Lipinski definition) is 2. The molecule has 2 aliphatic rings. The van der Waals surface area contributed by atoms with Crippen LogP contribution < -0.4 is 5.32 Å². The summed E-state index contributed by atoms with van der Waals surface area (Å²) in [6.07, 6.45) is 8.53. The van der Waals surface area contributed by atoms with E-state index in [4.69, 9.17) is 0 Å². The Morgan fingerprint density at radius 2 is 1.94 bits per heavy atom. The lowest BCUT2D eigenvalue weighted by Gasteiger charge is -2.29. The van der Waals surface area contributed by atoms with Gasteiger partial charge in [-0.25, -0.2) is 0 Å². The highest BCUT2D eigenvalue weighted by Crippen LogP contribution is 2.48. The molecule has 2 fully saturated rings. The van der Waals surface area contributed by atoms with Crippen LogP contribution in [0.15, 0.2) is 0 Å². The van der Waals surface area contributed by atoms with E-state index in [1.807, 2.05) is 0 Å². The second-order valence-corrected chi connectivity index (χ2v) is 6.13. The normalized spacial score (nSPS) is 25.9.